The molecular weight excluding hydrogens is 326 g/mol. The Labute approximate surface area is 154 Å². The number of hydrogen-bond acceptors (Lipinski definition) is 3. The van der Waals surface area contributed by atoms with E-state index in [0.717, 1.165) is 6.42 Å². The molecule has 2 atom stereocenters. The van der Waals surface area contributed by atoms with Crippen molar-refractivity contribution in [2.75, 3.05) is 6.54 Å². The molecule has 26 heavy (non-hydrogen) atoms. The highest BCUT2D eigenvalue weighted by Crippen LogP contribution is 2.47. The Morgan fingerprint density at radius 1 is 1.23 bits per heavy atom. The van der Waals surface area contributed by atoms with Crippen molar-refractivity contribution in [2.24, 2.45) is 11.3 Å². The molecule has 0 bridgehead atoms. The van der Waals surface area contributed by atoms with Crippen LogP contribution in [0.2, 0.25) is 0 Å². The SMILES string of the molecule is Cc1c(C(=O)NCC2CC2c2ccccc2)oc2c1C(=O)CC(C)(C)C2. The molecule has 2 aromatic rings. The molecule has 0 saturated heterocycles. The van der Waals surface area contributed by atoms with Gasteiger partial charge >= 0.3 is 0 Å². The minimum Gasteiger partial charge on any atom is -0.455 e. The number of hydrogen-bond donors (Lipinski definition) is 1. The summed E-state index contributed by atoms with van der Waals surface area (Å²) < 4.78 is 5.84. The van der Waals surface area contributed by atoms with Gasteiger partial charge in [-0.3, -0.25) is 9.59 Å². The van der Waals surface area contributed by atoms with Gasteiger partial charge in [-0.15, -0.1) is 0 Å². The fourth-order valence-corrected chi connectivity index (χ4v) is 4.19. The summed E-state index contributed by atoms with van der Waals surface area (Å²) in [5, 5.41) is 3.00. The number of nitrogens with one attached hydrogen (secondary N) is 1. The number of furan rings is 1. The van der Waals surface area contributed by atoms with E-state index in [-0.39, 0.29) is 17.1 Å². The molecule has 0 radical (unpaired) electrons. The highest BCUT2D eigenvalue weighted by molar-refractivity contribution is 6.03. The maximum atomic E-state index is 12.6. The van der Waals surface area contributed by atoms with Gasteiger partial charge < -0.3 is 9.73 Å². The number of carbonyl (C=O) groups excluding carboxylic acids is 2. The van der Waals surface area contributed by atoms with E-state index < -0.39 is 0 Å². The van der Waals surface area contributed by atoms with Crippen molar-refractivity contribution in [3.63, 3.8) is 0 Å². The van der Waals surface area contributed by atoms with Crippen molar-refractivity contribution in [1.82, 2.24) is 5.32 Å². The molecule has 1 N–H and O–H groups in total. The fraction of sp³-hybridized carbons (Fsp3) is 0.455. The Morgan fingerprint density at radius 3 is 2.69 bits per heavy atom. The van der Waals surface area contributed by atoms with E-state index in [0.29, 0.717) is 53.9 Å². The Hall–Kier alpha value is -2.36. The predicted octanol–water partition coefficient (Wildman–Crippen LogP) is 4.28. The zero-order chi connectivity index (χ0) is 18.5. The zero-order valence-electron chi connectivity index (χ0n) is 15.6. The lowest BCUT2D eigenvalue weighted by atomic mass is 9.76. The second kappa shape index (κ2) is 6.11. The highest BCUT2D eigenvalue weighted by atomic mass is 16.4. The Bertz CT molecular complexity index is 863. The molecule has 1 aromatic heterocycles. The molecule has 1 aromatic carbocycles. The summed E-state index contributed by atoms with van der Waals surface area (Å²) in [7, 11) is 0. The normalized spacial score (nSPS) is 23.4. The van der Waals surface area contributed by atoms with Crippen LogP contribution in [-0.2, 0) is 6.42 Å². The van der Waals surface area contributed by atoms with Gasteiger partial charge in [-0.05, 0) is 36.2 Å². The lowest BCUT2D eigenvalue weighted by Crippen LogP contribution is -2.26. The largest absolute Gasteiger partial charge is 0.455 e. The number of rotatable bonds is 4. The van der Waals surface area contributed by atoms with E-state index >= 15 is 0 Å². The second-order valence-corrected chi connectivity index (χ2v) is 8.52. The molecular formula is C22H25NO3. The van der Waals surface area contributed by atoms with Gasteiger partial charge in [0.25, 0.3) is 5.91 Å². The minimum absolute atomic E-state index is 0.0860. The summed E-state index contributed by atoms with van der Waals surface area (Å²) in [6.45, 7) is 6.57. The highest BCUT2D eigenvalue weighted by Gasteiger charge is 2.39. The minimum atomic E-state index is -0.207. The first kappa shape index (κ1) is 17.1. The maximum absolute atomic E-state index is 12.6. The quantitative estimate of drug-likeness (QED) is 0.894. The molecule has 4 heteroatoms. The first-order chi connectivity index (χ1) is 12.4. The lowest BCUT2D eigenvalue weighted by Gasteiger charge is -2.27. The van der Waals surface area contributed by atoms with Gasteiger partial charge in [0.1, 0.15) is 5.76 Å². The zero-order valence-corrected chi connectivity index (χ0v) is 15.6. The molecule has 2 aliphatic carbocycles. The molecule has 2 unspecified atom stereocenters. The van der Waals surface area contributed by atoms with Crippen LogP contribution in [0.1, 0.15) is 70.4 Å². The molecule has 2 aliphatic rings. The topological polar surface area (TPSA) is 59.3 Å². The van der Waals surface area contributed by atoms with Gasteiger partial charge in [0.2, 0.25) is 0 Å². The molecule has 0 spiro atoms. The van der Waals surface area contributed by atoms with E-state index in [1.807, 2.05) is 13.0 Å². The van der Waals surface area contributed by atoms with Crippen LogP contribution in [0.3, 0.4) is 0 Å². The Kier molecular flexibility index (Phi) is 4.02. The van der Waals surface area contributed by atoms with Gasteiger partial charge in [0.05, 0.1) is 5.56 Å². The molecule has 4 rings (SSSR count). The van der Waals surface area contributed by atoms with E-state index in [4.69, 9.17) is 4.42 Å². The van der Waals surface area contributed by atoms with Crippen LogP contribution in [0.4, 0.5) is 0 Å². The van der Waals surface area contributed by atoms with Crippen LogP contribution in [0.15, 0.2) is 34.7 Å². The number of fused-ring (bicyclic) bond motifs is 1. The molecule has 0 aliphatic heterocycles. The monoisotopic (exact) mass is 351 g/mol. The summed E-state index contributed by atoms with van der Waals surface area (Å²) >= 11 is 0. The van der Waals surface area contributed by atoms with E-state index in [9.17, 15) is 9.59 Å². The van der Waals surface area contributed by atoms with Crippen LogP contribution < -0.4 is 5.32 Å². The summed E-state index contributed by atoms with van der Waals surface area (Å²) in [6.07, 6.45) is 2.30. The summed E-state index contributed by atoms with van der Waals surface area (Å²) in [6, 6.07) is 10.4. The van der Waals surface area contributed by atoms with Gasteiger partial charge in [0.15, 0.2) is 11.5 Å². The first-order valence-corrected chi connectivity index (χ1v) is 9.34. The van der Waals surface area contributed by atoms with E-state index in [1.54, 1.807) is 0 Å². The van der Waals surface area contributed by atoms with Crippen molar-refractivity contribution >= 4 is 11.7 Å². The first-order valence-electron chi connectivity index (χ1n) is 9.34. The van der Waals surface area contributed by atoms with Crippen molar-refractivity contribution in [2.45, 2.75) is 46.0 Å². The maximum Gasteiger partial charge on any atom is 0.287 e. The van der Waals surface area contributed by atoms with Gasteiger partial charge in [-0.2, -0.15) is 0 Å². The third-order valence-corrected chi connectivity index (χ3v) is 5.66. The van der Waals surface area contributed by atoms with Crippen molar-refractivity contribution in [3.8, 4) is 0 Å². The Morgan fingerprint density at radius 2 is 1.96 bits per heavy atom. The average Bonchev–Trinajstić information content (AvgIpc) is 3.29. The number of Topliss-reactive ketones (excluding diaryl/α,β-unsaturated/α-hetero) is 1. The van der Waals surface area contributed by atoms with Gasteiger partial charge in [-0.1, -0.05) is 44.2 Å². The summed E-state index contributed by atoms with van der Waals surface area (Å²) in [4.78, 5) is 25.1. The fourth-order valence-electron chi connectivity index (χ4n) is 4.19. The van der Waals surface area contributed by atoms with Crippen molar-refractivity contribution in [3.05, 3.63) is 58.5 Å². The van der Waals surface area contributed by atoms with Crippen LogP contribution in [0.25, 0.3) is 0 Å². The third-order valence-electron chi connectivity index (χ3n) is 5.66. The molecule has 1 saturated carbocycles. The summed E-state index contributed by atoms with van der Waals surface area (Å²) in [5.74, 6) is 1.86. The van der Waals surface area contributed by atoms with Crippen LogP contribution in [0, 0.1) is 18.3 Å². The molecule has 1 amide bonds. The van der Waals surface area contributed by atoms with Gasteiger partial charge in [-0.25, -0.2) is 0 Å². The second-order valence-electron chi connectivity index (χ2n) is 8.52. The van der Waals surface area contributed by atoms with Gasteiger partial charge in [0, 0.05) is 24.9 Å². The molecule has 4 nitrogen and oxygen atoms in total. The number of carbonyl (C=O) groups is 2. The average molecular weight is 351 g/mol. The smallest absolute Gasteiger partial charge is 0.287 e. The van der Waals surface area contributed by atoms with Crippen LogP contribution in [-0.4, -0.2) is 18.2 Å². The predicted molar refractivity (Wildman–Crippen MR) is 99.5 cm³/mol. The number of benzene rings is 1. The standard InChI is InChI=1S/C22H25NO3/c1-13-19-17(24)10-22(2,3)11-18(19)26-20(13)21(25)23-12-15-9-16(15)14-7-5-4-6-8-14/h4-8,15-16H,9-12H2,1-3H3,(H,23,25). The third kappa shape index (κ3) is 3.09. The summed E-state index contributed by atoms with van der Waals surface area (Å²) in [5.41, 5.74) is 2.54. The molecule has 136 valence electrons. The lowest BCUT2D eigenvalue weighted by molar-refractivity contribution is 0.0888. The van der Waals surface area contributed by atoms with Crippen molar-refractivity contribution < 1.29 is 14.0 Å². The Balaban J connectivity index is 1.43. The van der Waals surface area contributed by atoms with E-state index in [2.05, 4.69) is 43.4 Å². The molecule has 1 fully saturated rings. The molecule has 1 heterocycles. The number of ketones is 1. The van der Waals surface area contributed by atoms with Crippen LogP contribution >= 0.6 is 0 Å². The van der Waals surface area contributed by atoms with Crippen LogP contribution in [0.5, 0.6) is 0 Å². The van der Waals surface area contributed by atoms with Crippen molar-refractivity contribution in [1.29, 1.82) is 0 Å². The van der Waals surface area contributed by atoms with E-state index in [1.165, 1.54) is 5.56 Å². The number of amides is 1.